The van der Waals surface area contributed by atoms with Crippen molar-refractivity contribution in [1.29, 1.82) is 0 Å². The fourth-order valence-electron chi connectivity index (χ4n) is 3.78. The van der Waals surface area contributed by atoms with E-state index >= 15 is 0 Å². The van der Waals surface area contributed by atoms with Crippen LogP contribution in [-0.2, 0) is 9.47 Å². The molecule has 0 saturated heterocycles. The van der Waals surface area contributed by atoms with E-state index in [0.29, 0.717) is 6.10 Å². The van der Waals surface area contributed by atoms with Crippen molar-refractivity contribution < 1.29 is 9.47 Å². The third kappa shape index (κ3) is 22.1. The molecule has 0 aliphatic rings. The maximum atomic E-state index is 5.71. The lowest BCUT2D eigenvalue weighted by atomic mass is 10.0. The van der Waals surface area contributed by atoms with Crippen molar-refractivity contribution in [3.05, 3.63) is 0 Å². The summed E-state index contributed by atoms with van der Waals surface area (Å²) in [5.74, 6) is 0. The summed E-state index contributed by atoms with van der Waals surface area (Å²) in [4.78, 5) is 0. The molecule has 2 nitrogen and oxygen atoms in total. The molecular weight excluding hydrogens is 332 g/mol. The molecule has 0 bridgehead atoms. The maximum absolute atomic E-state index is 5.71. The molecule has 0 aliphatic heterocycles. The second-order valence-electron chi connectivity index (χ2n) is 8.55. The zero-order valence-electron chi connectivity index (χ0n) is 19.4. The number of unbranched alkanes of at least 4 members (excludes halogenated alkanes) is 17. The van der Waals surface area contributed by atoms with E-state index in [9.17, 15) is 0 Å². The average Bonchev–Trinajstić information content (AvgIpc) is 2.66. The van der Waals surface area contributed by atoms with E-state index in [0.717, 1.165) is 6.42 Å². The van der Waals surface area contributed by atoms with Gasteiger partial charge in [-0.3, -0.25) is 0 Å². The van der Waals surface area contributed by atoms with Crippen LogP contribution in [0.4, 0.5) is 0 Å². The molecule has 164 valence electrons. The third-order valence-electron chi connectivity index (χ3n) is 5.72. The molecule has 0 fully saturated rings. The molecule has 0 aliphatic carbocycles. The van der Waals surface area contributed by atoms with Gasteiger partial charge in [0, 0.05) is 7.11 Å². The topological polar surface area (TPSA) is 18.5 Å². The molecule has 0 saturated carbocycles. The van der Waals surface area contributed by atoms with Crippen molar-refractivity contribution in [3.8, 4) is 0 Å². The van der Waals surface area contributed by atoms with Gasteiger partial charge < -0.3 is 9.47 Å². The first-order chi connectivity index (χ1) is 13.2. The minimum absolute atomic E-state index is 0.0736. The van der Waals surface area contributed by atoms with Crippen molar-refractivity contribution >= 4 is 0 Å². The first-order valence-corrected chi connectivity index (χ1v) is 12.4. The largest absolute Gasteiger partial charge is 0.356 e. The maximum Gasteiger partial charge on any atom is 0.154 e. The van der Waals surface area contributed by atoms with Crippen molar-refractivity contribution in [2.75, 3.05) is 7.11 Å². The van der Waals surface area contributed by atoms with Crippen LogP contribution in [0, 0.1) is 0 Å². The molecule has 0 heterocycles. The Hall–Kier alpha value is -0.0800. The molecule has 0 aromatic carbocycles. The Labute approximate surface area is 172 Å². The first kappa shape index (κ1) is 26.9. The molecule has 0 rings (SSSR count). The lowest BCUT2D eigenvalue weighted by Gasteiger charge is -2.17. The highest BCUT2D eigenvalue weighted by molar-refractivity contribution is 4.54. The molecule has 0 amide bonds. The number of methoxy groups -OCH3 is 1. The fraction of sp³-hybridized carbons (Fsp3) is 1.00. The van der Waals surface area contributed by atoms with Gasteiger partial charge in [0.1, 0.15) is 0 Å². The van der Waals surface area contributed by atoms with Crippen LogP contribution in [0.15, 0.2) is 0 Å². The van der Waals surface area contributed by atoms with Crippen LogP contribution in [-0.4, -0.2) is 19.5 Å². The summed E-state index contributed by atoms with van der Waals surface area (Å²) < 4.78 is 10.8. The summed E-state index contributed by atoms with van der Waals surface area (Å²) in [6, 6.07) is 0. The summed E-state index contributed by atoms with van der Waals surface area (Å²) in [5, 5.41) is 0. The van der Waals surface area contributed by atoms with Crippen LogP contribution in [0.3, 0.4) is 0 Å². The fourth-order valence-corrected chi connectivity index (χ4v) is 3.78. The predicted molar refractivity (Wildman–Crippen MR) is 120 cm³/mol. The highest BCUT2D eigenvalue weighted by atomic mass is 16.7. The Morgan fingerprint density at radius 1 is 0.519 bits per heavy atom. The van der Waals surface area contributed by atoms with E-state index in [-0.39, 0.29) is 6.29 Å². The second-order valence-corrected chi connectivity index (χ2v) is 8.55. The Morgan fingerprint density at radius 2 is 0.852 bits per heavy atom. The number of hydrogen-bond acceptors (Lipinski definition) is 2. The summed E-state index contributed by atoms with van der Waals surface area (Å²) >= 11 is 0. The van der Waals surface area contributed by atoms with Crippen molar-refractivity contribution in [2.45, 2.75) is 155 Å². The molecule has 2 heteroatoms. The molecule has 0 spiro atoms. The van der Waals surface area contributed by atoms with Gasteiger partial charge in [-0.2, -0.15) is 0 Å². The SMILES string of the molecule is CCCCCCCCCCCCCCCCCCCCC(C)OC(C)OC. The molecule has 2 atom stereocenters. The molecule has 0 N–H and O–H groups in total. The Bertz CT molecular complexity index is 267. The van der Waals surface area contributed by atoms with Gasteiger partial charge in [0.25, 0.3) is 0 Å². The Balaban J connectivity index is 3.09. The average molecular weight is 385 g/mol. The van der Waals surface area contributed by atoms with Gasteiger partial charge in [0.2, 0.25) is 0 Å². The minimum atomic E-state index is -0.0736. The van der Waals surface area contributed by atoms with Crippen LogP contribution < -0.4 is 0 Å². The van der Waals surface area contributed by atoms with Gasteiger partial charge in [-0.1, -0.05) is 122 Å². The van der Waals surface area contributed by atoms with Gasteiger partial charge in [-0.15, -0.1) is 0 Å². The van der Waals surface area contributed by atoms with E-state index in [4.69, 9.17) is 9.47 Å². The second kappa shape index (κ2) is 22.2. The minimum Gasteiger partial charge on any atom is -0.356 e. The van der Waals surface area contributed by atoms with Crippen LogP contribution in [0.1, 0.15) is 143 Å². The van der Waals surface area contributed by atoms with E-state index in [2.05, 4.69) is 13.8 Å². The van der Waals surface area contributed by atoms with E-state index in [1.165, 1.54) is 116 Å². The highest BCUT2D eigenvalue weighted by Gasteiger charge is 2.06. The quantitative estimate of drug-likeness (QED) is 0.137. The van der Waals surface area contributed by atoms with Crippen molar-refractivity contribution in [1.82, 2.24) is 0 Å². The molecule has 0 radical (unpaired) electrons. The van der Waals surface area contributed by atoms with Gasteiger partial charge in [-0.05, 0) is 20.3 Å². The van der Waals surface area contributed by atoms with E-state index < -0.39 is 0 Å². The van der Waals surface area contributed by atoms with Gasteiger partial charge >= 0.3 is 0 Å². The van der Waals surface area contributed by atoms with E-state index in [1.54, 1.807) is 7.11 Å². The highest BCUT2D eigenvalue weighted by Crippen LogP contribution is 2.15. The summed E-state index contributed by atoms with van der Waals surface area (Å²) in [5.41, 5.74) is 0. The molecular formula is C25H52O2. The Morgan fingerprint density at radius 3 is 1.19 bits per heavy atom. The van der Waals surface area contributed by atoms with Gasteiger partial charge in [-0.25, -0.2) is 0 Å². The molecule has 27 heavy (non-hydrogen) atoms. The van der Waals surface area contributed by atoms with Crippen LogP contribution in [0.25, 0.3) is 0 Å². The molecule has 0 aromatic heterocycles. The summed E-state index contributed by atoms with van der Waals surface area (Å²) in [6.45, 7) is 6.42. The Kier molecular flexibility index (Phi) is 22.1. The summed E-state index contributed by atoms with van der Waals surface area (Å²) in [7, 11) is 1.70. The van der Waals surface area contributed by atoms with E-state index in [1.807, 2.05) is 6.92 Å². The monoisotopic (exact) mass is 384 g/mol. The standard InChI is InChI=1S/C25H52O2/c1-5-6-7-8-9-10-11-12-13-14-15-16-17-18-19-20-21-22-23-24(2)27-25(3)26-4/h24-25H,5-23H2,1-4H3. The van der Waals surface area contributed by atoms with Gasteiger partial charge in [0.05, 0.1) is 6.10 Å². The van der Waals surface area contributed by atoms with Crippen LogP contribution in [0.5, 0.6) is 0 Å². The normalized spacial score (nSPS) is 13.8. The predicted octanol–water partition coefficient (Wildman–Crippen LogP) is 8.82. The molecule has 2 unspecified atom stereocenters. The smallest absolute Gasteiger partial charge is 0.154 e. The number of ether oxygens (including phenoxy) is 2. The van der Waals surface area contributed by atoms with Crippen molar-refractivity contribution in [2.24, 2.45) is 0 Å². The third-order valence-corrected chi connectivity index (χ3v) is 5.72. The van der Waals surface area contributed by atoms with Gasteiger partial charge in [0.15, 0.2) is 6.29 Å². The van der Waals surface area contributed by atoms with Crippen molar-refractivity contribution in [3.63, 3.8) is 0 Å². The zero-order valence-corrected chi connectivity index (χ0v) is 19.4. The summed E-state index contributed by atoms with van der Waals surface area (Å²) in [6.07, 6.45) is 27.2. The zero-order chi connectivity index (χ0) is 20.0. The lowest BCUT2D eigenvalue weighted by Crippen LogP contribution is -2.18. The number of rotatable bonds is 22. The van der Waals surface area contributed by atoms with Crippen LogP contribution >= 0.6 is 0 Å². The molecule has 0 aromatic rings. The van der Waals surface area contributed by atoms with Crippen LogP contribution in [0.2, 0.25) is 0 Å². The number of hydrogen-bond donors (Lipinski definition) is 0. The first-order valence-electron chi connectivity index (χ1n) is 12.4. The lowest BCUT2D eigenvalue weighted by molar-refractivity contribution is -0.140.